The maximum absolute atomic E-state index is 4.27. The molecule has 0 heterocycles. The number of hydrogen-bond donors (Lipinski definition) is 0. The minimum Gasteiger partial charge on any atom is -0.0955 e. The SMILES string of the molecule is C=C(C)c1c2ccccc2c(-c2ccc3ccccc3c2)c2ccccc12. The number of benzene rings is 5. The smallest absolute Gasteiger partial charge is 0.00262 e. The molecule has 0 saturated carbocycles. The van der Waals surface area contributed by atoms with E-state index in [9.17, 15) is 0 Å². The predicted octanol–water partition coefficient (Wildman–Crippen LogP) is 7.85. The average molecular weight is 344 g/mol. The molecular formula is C27H20. The summed E-state index contributed by atoms with van der Waals surface area (Å²) in [5, 5.41) is 7.65. The van der Waals surface area contributed by atoms with Crippen LogP contribution in [0.2, 0.25) is 0 Å². The Hall–Kier alpha value is -3.38. The Kier molecular flexibility index (Phi) is 3.58. The highest BCUT2D eigenvalue weighted by molar-refractivity contribution is 6.18. The van der Waals surface area contributed by atoms with Gasteiger partial charge in [0.2, 0.25) is 0 Å². The highest BCUT2D eigenvalue weighted by Crippen LogP contribution is 2.41. The van der Waals surface area contributed by atoms with Gasteiger partial charge in [0.25, 0.3) is 0 Å². The molecule has 5 aromatic rings. The normalized spacial score (nSPS) is 11.3. The zero-order valence-corrected chi connectivity index (χ0v) is 15.4. The molecule has 0 unspecified atom stereocenters. The van der Waals surface area contributed by atoms with Gasteiger partial charge in [0.15, 0.2) is 0 Å². The molecule has 0 atom stereocenters. The predicted molar refractivity (Wildman–Crippen MR) is 119 cm³/mol. The highest BCUT2D eigenvalue weighted by atomic mass is 14.2. The molecule has 0 amide bonds. The van der Waals surface area contributed by atoms with Crippen molar-refractivity contribution < 1.29 is 0 Å². The van der Waals surface area contributed by atoms with Gasteiger partial charge in [-0.15, -0.1) is 0 Å². The lowest BCUT2D eigenvalue weighted by molar-refractivity contribution is 1.65. The van der Waals surface area contributed by atoms with Crippen LogP contribution in [0, 0.1) is 0 Å². The molecule has 5 rings (SSSR count). The van der Waals surface area contributed by atoms with Gasteiger partial charge in [-0.25, -0.2) is 0 Å². The molecule has 5 aromatic carbocycles. The van der Waals surface area contributed by atoms with Crippen molar-refractivity contribution in [3.05, 3.63) is 103 Å². The van der Waals surface area contributed by atoms with Crippen molar-refractivity contribution in [2.45, 2.75) is 6.92 Å². The van der Waals surface area contributed by atoms with E-state index in [1.165, 1.54) is 49.0 Å². The summed E-state index contributed by atoms with van der Waals surface area (Å²) in [7, 11) is 0. The molecule has 0 aliphatic rings. The second-order valence-corrected chi connectivity index (χ2v) is 7.18. The molecule has 0 nitrogen and oxygen atoms in total. The molecule has 0 aromatic heterocycles. The lowest BCUT2D eigenvalue weighted by atomic mass is 9.86. The van der Waals surface area contributed by atoms with Crippen LogP contribution in [0.4, 0.5) is 0 Å². The fourth-order valence-corrected chi connectivity index (χ4v) is 4.24. The van der Waals surface area contributed by atoms with E-state index in [-0.39, 0.29) is 0 Å². The summed E-state index contributed by atoms with van der Waals surface area (Å²) < 4.78 is 0. The summed E-state index contributed by atoms with van der Waals surface area (Å²) in [6.45, 7) is 6.37. The Bertz CT molecular complexity index is 1280. The zero-order valence-electron chi connectivity index (χ0n) is 15.4. The van der Waals surface area contributed by atoms with E-state index in [0.717, 1.165) is 5.57 Å². The van der Waals surface area contributed by atoms with Gasteiger partial charge >= 0.3 is 0 Å². The third-order valence-electron chi connectivity index (χ3n) is 5.40. The van der Waals surface area contributed by atoms with Gasteiger partial charge in [-0.2, -0.15) is 0 Å². The molecule has 0 bridgehead atoms. The average Bonchev–Trinajstić information content (AvgIpc) is 2.71. The van der Waals surface area contributed by atoms with Gasteiger partial charge in [-0.3, -0.25) is 0 Å². The van der Waals surface area contributed by atoms with E-state index in [1.54, 1.807) is 0 Å². The van der Waals surface area contributed by atoms with Crippen molar-refractivity contribution in [3.63, 3.8) is 0 Å². The van der Waals surface area contributed by atoms with E-state index >= 15 is 0 Å². The number of rotatable bonds is 2. The third kappa shape index (κ3) is 2.45. The maximum atomic E-state index is 4.27. The van der Waals surface area contributed by atoms with Crippen LogP contribution in [0.1, 0.15) is 12.5 Å². The van der Waals surface area contributed by atoms with Crippen LogP contribution in [0.3, 0.4) is 0 Å². The largest absolute Gasteiger partial charge is 0.0955 e. The number of allylic oxidation sites excluding steroid dienone is 1. The Balaban J connectivity index is 1.98. The van der Waals surface area contributed by atoms with E-state index in [2.05, 4.69) is 104 Å². The van der Waals surface area contributed by atoms with Crippen LogP contribution in [-0.2, 0) is 0 Å². The van der Waals surface area contributed by atoms with E-state index in [0.29, 0.717) is 0 Å². The molecule has 0 fully saturated rings. The van der Waals surface area contributed by atoms with Crippen molar-refractivity contribution in [2.75, 3.05) is 0 Å². The van der Waals surface area contributed by atoms with Crippen LogP contribution >= 0.6 is 0 Å². The highest BCUT2D eigenvalue weighted by Gasteiger charge is 2.15. The Labute approximate surface area is 159 Å². The maximum Gasteiger partial charge on any atom is -0.00262 e. The van der Waals surface area contributed by atoms with Crippen LogP contribution in [-0.4, -0.2) is 0 Å². The van der Waals surface area contributed by atoms with Gasteiger partial charge in [0.05, 0.1) is 0 Å². The third-order valence-corrected chi connectivity index (χ3v) is 5.40. The minimum atomic E-state index is 1.10. The fourth-order valence-electron chi connectivity index (χ4n) is 4.24. The first-order chi connectivity index (χ1) is 13.2. The first kappa shape index (κ1) is 15.8. The summed E-state index contributed by atoms with van der Waals surface area (Å²) in [5.41, 5.74) is 4.92. The van der Waals surface area contributed by atoms with Crippen molar-refractivity contribution in [1.82, 2.24) is 0 Å². The molecule has 0 radical (unpaired) electrons. The molecule has 0 saturated heterocycles. The summed E-state index contributed by atoms with van der Waals surface area (Å²) in [6.07, 6.45) is 0. The number of fused-ring (bicyclic) bond motifs is 3. The molecule has 0 aliphatic heterocycles. The molecule has 27 heavy (non-hydrogen) atoms. The van der Waals surface area contributed by atoms with Crippen molar-refractivity contribution >= 4 is 37.9 Å². The Morgan fingerprint density at radius 1 is 0.593 bits per heavy atom. The van der Waals surface area contributed by atoms with Crippen LogP contribution in [0.15, 0.2) is 97.6 Å². The summed E-state index contributed by atoms with van der Waals surface area (Å²) in [6, 6.07) is 32.7. The molecular weight excluding hydrogens is 324 g/mol. The van der Waals surface area contributed by atoms with E-state index < -0.39 is 0 Å². The minimum absolute atomic E-state index is 1.10. The Morgan fingerprint density at radius 2 is 1.11 bits per heavy atom. The molecule has 0 heteroatoms. The summed E-state index contributed by atoms with van der Waals surface area (Å²) >= 11 is 0. The van der Waals surface area contributed by atoms with Crippen molar-refractivity contribution in [2.24, 2.45) is 0 Å². The molecule has 0 N–H and O–H groups in total. The Morgan fingerprint density at radius 3 is 1.70 bits per heavy atom. The van der Waals surface area contributed by atoms with Gasteiger partial charge in [0.1, 0.15) is 0 Å². The number of hydrogen-bond acceptors (Lipinski definition) is 0. The van der Waals surface area contributed by atoms with Gasteiger partial charge < -0.3 is 0 Å². The van der Waals surface area contributed by atoms with E-state index in [4.69, 9.17) is 0 Å². The second kappa shape index (κ2) is 6.10. The molecule has 0 aliphatic carbocycles. The summed E-state index contributed by atoms with van der Waals surface area (Å²) in [4.78, 5) is 0. The van der Waals surface area contributed by atoms with Crippen LogP contribution in [0.25, 0.3) is 49.0 Å². The van der Waals surface area contributed by atoms with Crippen LogP contribution < -0.4 is 0 Å². The molecule has 128 valence electrons. The first-order valence-corrected chi connectivity index (χ1v) is 9.32. The van der Waals surface area contributed by atoms with E-state index in [1.807, 2.05) is 0 Å². The molecule has 0 spiro atoms. The van der Waals surface area contributed by atoms with Crippen molar-refractivity contribution in [3.8, 4) is 11.1 Å². The standard InChI is InChI=1S/C27H20/c1-18(2)26-22-11-5-7-13-24(22)27(25-14-8-6-12-23(25)26)21-16-15-19-9-3-4-10-20(19)17-21/h3-17H,1H2,2H3. The fraction of sp³-hybridized carbons (Fsp3) is 0.0370. The quantitative estimate of drug-likeness (QED) is 0.286. The van der Waals surface area contributed by atoms with Gasteiger partial charge in [0, 0.05) is 0 Å². The second-order valence-electron chi connectivity index (χ2n) is 7.18. The first-order valence-electron chi connectivity index (χ1n) is 9.32. The monoisotopic (exact) mass is 344 g/mol. The topological polar surface area (TPSA) is 0 Å². The van der Waals surface area contributed by atoms with Gasteiger partial charge in [-0.05, 0) is 67.6 Å². The van der Waals surface area contributed by atoms with Crippen molar-refractivity contribution in [1.29, 1.82) is 0 Å². The summed E-state index contributed by atoms with van der Waals surface area (Å²) in [5.74, 6) is 0. The lowest BCUT2D eigenvalue weighted by Crippen LogP contribution is -1.91. The van der Waals surface area contributed by atoms with Crippen LogP contribution in [0.5, 0.6) is 0 Å². The lowest BCUT2D eigenvalue weighted by Gasteiger charge is -2.17. The zero-order chi connectivity index (χ0) is 18.4. The van der Waals surface area contributed by atoms with Gasteiger partial charge in [-0.1, -0.05) is 91.5 Å².